The average Bonchev–Trinajstić information content (AvgIpc) is 2.75. The summed E-state index contributed by atoms with van der Waals surface area (Å²) in [6.07, 6.45) is 3.71. The number of hydrogen-bond acceptors (Lipinski definition) is 4. The molecule has 2 aromatic carbocycles. The molecule has 0 amide bonds. The van der Waals surface area contributed by atoms with Gasteiger partial charge in [-0.25, -0.2) is 4.39 Å². The van der Waals surface area contributed by atoms with Crippen molar-refractivity contribution < 1.29 is 9.13 Å². The van der Waals surface area contributed by atoms with E-state index in [2.05, 4.69) is 39.5 Å². The zero-order valence-corrected chi connectivity index (χ0v) is 16.9. The molecule has 4 nitrogen and oxygen atoms in total. The fraction of sp³-hybridized carbons (Fsp3) is 0.261. The number of nitrogens with zero attached hydrogens (tertiary/aromatic N) is 2. The maximum atomic E-state index is 13.0. The minimum atomic E-state index is -0.231. The van der Waals surface area contributed by atoms with Gasteiger partial charge in [0, 0.05) is 44.6 Å². The molecule has 1 N–H and O–H groups in total. The van der Waals surface area contributed by atoms with Gasteiger partial charge in [0.2, 0.25) is 0 Å². The van der Waals surface area contributed by atoms with E-state index in [4.69, 9.17) is 4.74 Å². The summed E-state index contributed by atoms with van der Waals surface area (Å²) in [4.78, 5) is 6.63. The molecule has 1 fully saturated rings. The van der Waals surface area contributed by atoms with Crippen LogP contribution in [0.15, 0.2) is 73.1 Å². The molecule has 1 aromatic heterocycles. The summed E-state index contributed by atoms with van der Waals surface area (Å²) >= 11 is 0. The monoisotopic (exact) mass is 413 g/mol. The van der Waals surface area contributed by atoms with E-state index in [0.29, 0.717) is 12.6 Å². The maximum absolute atomic E-state index is 13.0. The second kappa shape index (κ2) is 10.3. The number of pyridine rings is 1. The van der Waals surface area contributed by atoms with Gasteiger partial charge in [-0.3, -0.25) is 9.88 Å². The Morgan fingerprint density at radius 3 is 2.62 bits per heavy atom. The van der Waals surface area contributed by atoms with E-state index < -0.39 is 0 Å². The summed E-state index contributed by atoms with van der Waals surface area (Å²) in [5.41, 5.74) is 3.45. The fourth-order valence-corrected chi connectivity index (χ4v) is 3.57. The Morgan fingerprint density at radius 1 is 1.03 bits per heavy atom. The van der Waals surface area contributed by atoms with Crippen LogP contribution in [-0.2, 0) is 13.2 Å². The Bertz CT molecular complexity index is 892. The summed E-state index contributed by atoms with van der Waals surface area (Å²) in [5, 5.41) is 3.49. The van der Waals surface area contributed by atoms with Crippen molar-refractivity contribution in [3.63, 3.8) is 0 Å². The normalized spacial score (nSPS) is 16.8. The number of hydrogen-bond donors (Lipinski definition) is 1. The Morgan fingerprint density at radius 2 is 1.83 bits per heavy atom. The molecule has 1 aliphatic rings. The van der Waals surface area contributed by atoms with Crippen molar-refractivity contribution in [2.24, 2.45) is 0 Å². The Labute approximate surface area is 177 Å². The van der Waals surface area contributed by atoms with Crippen LogP contribution in [0.25, 0.3) is 0 Å². The number of ether oxygens (including phenoxy) is 1. The first-order valence-corrected chi connectivity index (χ1v) is 9.59. The Hall–Kier alpha value is -2.47. The van der Waals surface area contributed by atoms with E-state index >= 15 is 0 Å². The van der Waals surface area contributed by atoms with Gasteiger partial charge in [0.25, 0.3) is 0 Å². The number of benzene rings is 2. The predicted molar refractivity (Wildman–Crippen MR) is 115 cm³/mol. The van der Waals surface area contributed by atoms with Crippen LogP contribution in [0.5, 0.6) is 5.75 Å². The van der Waals surface area contributed by atoms with Crippen molar-refractivity contribution in [1.29, 1.82) is 0 Å². The first-order chi connectivity index (χ1) is 13.8. The molecule has 0 radical (unpaired) electrons. The van der Waals surface area contributed by atoms with E-state index in [1.807, 2.05) is 24.5 Å². The lowest BCUT2D eigenvalue weighted by Gasteiger charge is -2.36. The lowest BCUT2D eigenvalue weighted by atomic mass is 10.0. The van der Waals surface area contributed by atoms with Crippen LogP contribution in [0.3, 0.4) is 0 Å². The third-order valence-electron chi connectivity index (χ3n) is 5.05. The molecule has 1 unspecified atom stereocenters. The van der Waals surface area contributed by atoms with Crippen LogP contribution in [0.2, 0.25) is 0 Å². The van der Waals surface area contributed by atoms with Gasteiger partial charge in [-0.05, 0) is 53.1 Å². The predicted octanol–water partition coefficient (Wildman–Crippen LogP) is 4.37. The molecule has 0 aliphatic carbocycles. The van der Waals surface area contributed by atoms with Gasteiger partial charge in [0.05, 0.1) is 0 Å². The van der Waals surface area contributed by atoms with E-state index in [0.717, 1.165) is 37.5 Å². The standard InChI is InChI=1S/C23H24FN3O.ClH/c24-21-6-4-18(5-7-21)17-28-22-3-1-2-19(14-22)16-27-13-12-26-15-23(27)20-8-10-25-11-9-20;/h1-11,14,23,26H,12-13,15-17H2;1H. The zero-order valence-electron chi connectivity index (χ0n) is 16.1. The highest BCUT2D eigenvalue weighted by atomic mass is 35.5. The van der Waals surface area contributed by atoms with Gasteiger partial charge < -0.3 is 10.1 Å². The van der Waals surface area contributed by atoms with Gasteiger partial charge >= 0.3 is 0 Å². The topological polar surface area (TPSA) is 37.4 Å². The number of nitrogens with one attached hydrogen (secondary N) is 1. The van der Waals surface area contributed by atoms with Gasteiger partial charge in [-0.15, -0.1) is 12.4 Å². The molecule has 0 bridgehead atoms. The van der Waals surface area contributed by atoms with Gasteiger partial charge in [-0.1, -0.05) is 24.3 Å². The Kier molecular flexibility index (Phi) is 7.58. The first-order valence-electron chi connectivity index (χ1n) is 9.59. The second-order valence-electron chi connectivity index (χ2n) is 7.03. The highest BCUT2D eigenvalue weighted by Gasteiger charge is 2.23. The highest BCUT2D eigenvalue weighted by molar-refractivity contribution is 5.85. The molecule has 1 atom stereocenters. The van der Waals surface area contributed by atoms with Crippen LogP contribution < -0.4 is 10.1 Å². The smallest absolute Gasteiger partial charge is 0.123 e. The number of aromatic nitrogens is 1. The molecule has 3 aromatic rings. The SMILES string of the molecule is Cl.Fc1ccc(COc2cccc(CN3CCNCC3c3ccncc3)c2)cc1. The third-order valence-corrected chi connectivity index (χ3v) is 5.05. The molecule has 2 heterocycles. The number of piperazine rings is 1. The summed E-state index contributed by atoms with van der Waals surface area (Å²) in [7, 11) is 0. The highest BCUT2D eigenvalue weighted by Crippen LogP contribution is 2.25. The van der Waals surface area contributed by atoms with Crippen LogP contribution in [0.1, 0.15) is 22.7 Å². The van der Waals surface area contributed by atoms with E-state index in [9.17, 15) is 4.39 Å². The molecule has 152 valence electrons. The quantitative estimate of drug-likeness (QED) is 0.651. The maximum Gasteiger partial charge on any atom is 0.123 e. The van der Waals surface area contributed by atoms with Crippen LogP contribution in [0, 0.1) is 5.82 Å². The zero-order chi connectivity index (χ0) is 19.2. The summed E-state index contributed by atoms with van der Waals surface area (Å²) < 4.78 is 18.9. The summed E-state index contributed by atoms with van der Waals surface area (Å²) in [6.45, 7) is 4.21. The molecule has 0 saturated carbocycles. The molecule has 0 spiro atoms. The van der Waals surface area contributed by atoms with E-state index in [-0.39, 0.29) is 18.2 Å². The first kappa shape index (κ1) is 21.2. The molecular formula is C23H25ClFN3O. The van der Waals surface area contributed by atoms with Crippen molar-refractivity contribution in [3.05, 3.63) is 95.6 Å². The van der Waals surface area contributed by atoms with Crippen LogP contribution >= 0.6 is 12.4 Å². The lowest BCUT2D eigenvalue weighted by Crippen LogP contribution is -2.45. The van der Waals surface area contributed by atoms with Crippen LogP contribution in [-0.4, -0.2) is 29.5 Å². The molecule has 4 rings (SSSR count). The van der Waals surface area contributed by atoms with Crippen LogP contribution in [0.4, 0.5) is 4.39 Å². The molecular weight excluding hydrogens is 389 g/mol. The summed E-state index contributed by atoms with van der Waals surface area (Å²) in [5.74, 6) is 0.600. The third kappa shape index (κ3) is 5.76. The van der Waals surface area contributed by atoms with Gasteiger partial charge in [0.1, 0.15) is 18.2 Å². The number of halogens is 2. The molecule has 1 aliphatic heterocycles. The van der Waals surface area contributed by atoms with Crippen molar-refractivity contribution in [3.8, 4) is 5.75 Å². The molecule has 29 heavy (non-hydrogen) atoms. The molecule has 1 saturated heterocycles. The minimum Gasteiger partial charge on any atom is -0.489 e. The second-order valence-corrected chi connectivity index (χ2v) is 7.03. The molecule has 6 heteroatoms. The van der Waals surface area contributed by atoms with Crippen molar-refractivity contribution in [1.82, 2.24) is 15.2 Å². The van der Waals surface area contributed by atoms with E-state index in [1.54, 1.807) is 12.1 Å². The van der Waals surface area contributed by atoms with Crippen molar-refractivity contribution >= 4 is 12.4 Å². The summed E-state index contributed by atoms with van der Waals surface area (Å²) in [6, 6.07) is 19.1. The largest absolute Gasteiger partial charge is 0.489 e. The van der Waals surface area contributed by atoms with E-state index in [1.165, 1.54) is 23.3 Å². The number of rotatable bonds is 6. The average molecular weight is 414 g/mol. The Balaban J connectivity index is 0.00000240. The van der Waals surface area contributed by atoms with Gasteiger partial charge in [0.15, 0.2) is 0 Å². The van der Waals surface area contributed by atoms with Gasteiger partial charge in [-0.2, -0.15) is 0 Å². The van der Waals surface area contributed by atoms with Crippen molar-refractivity contribution in [2.75, 3.05) is 19.6 Å². The minimum absolute atomic E-state index is 0. The fourth-order valence-electron chi connectivity index (χ4n) is 3.57. The lowest BCUT2D eigenvalue weighted by molar-refractivity contribution is 0.153. The van der Waals surface area contributed by atoms with Crippen molar-refractivity contribution in [2.45, 2.75) is 19.2 Å².